The lowest BCUT2D eigenvalue weighted by atomic mass is 10.1. The first-order chi connectivity index (χ1) is 13.5. The molecule has 0 aliphatic carbocycles. The smallest absolute Gasteiger partial charge is 0.265 e. The van der Waals surface area contributed by atoms with Gasteiger partial charge in [0.2, 0.25) is 5.91 Å². The van der Waals surface area contributed by atoms with Crippen LogP contribution in [0, 0.1) is 0 Å². The number of fused-ring (bicyclic) bond motifs is 2. The number of pyridine rings is 1. The Balaban J connectivity index is 1.48. The van der Waals surface area contributed by atoms with Gasteiger partial charge in [-0.3, -0.25) is 14.6 Å². The van der Waals surface area contributed by atoms with Crippen LogP contribution in [0.1, 0.15) is 13.8 Å². The zero-order chi connectivity index (χ0) is 19.7. The molecule has 2 atom stereocenters. The highest BCUT2D eigenvalue weighted by Crippen LogP contribution is 2.32. The van der Waals surface area contributed by atoms with E-state index in [4.69, 9.17) is 4.74 Å². The van der Waals surface area contributed by atoms with Crippen LogP contribution < -0.4 is 20.7 Å². The predicted octanol–water partition coefficient (Wildman–Crippen LogP) is 3.39. The Labute approximate surface area is 162 Å². The largest absolute Gasteiger partial charge is 0.479 e. The van der Waals surface area contributed by atoms with Gasteiger partial charge in [-0.1, -0.05) is 6.07 Å². The molecule has 28 heavy (non-hydrogen) atoms. The Morgan fingerprint density at radius 1 is 1.21 bits per heavy atom. The molecule has 7 heteroatoms. The molecule has 1 aliphatic heterocycles. The van der Waals surface area contributed by atoms with Gasteiger partial charge in [0.1, 0.15) is 11.8 Å². The van der Waals surface area contributed by atoms with Crippen LogP contribution in [-0.4, -0.2) is 28.9 Å². The average Bonchev–Trinajstić information content (AvgIpc) is 2.69. The lowest BCUT2D eigenvalue weighted by molar-refractivity contribution is -0.122. The van der Waals surface area contributed by atoms with Crippen LogP contribution in [0.15, 0.2) is 54.7 Å². The van der Waals surface area contributed by atoms with Crippen molar-refractivity contribution in [1.29, 1.82) is 0 Å². The molecule has 1 aliphatic rings. The summed E-state index contributed by atoms with van der Waals surface area (Å²) in [6, 6.07) is 14.2. The molecule has 0 radical (unpaired) electrons. The predicted molar refractivity (Wildman–Crippen MR) is 109 cm³/mol. The van der Waals surface area contributed by atoms with Gasteiger partial charge < -0.3 is 20.7 Å². The van der Waals surface area contributed by atoms with E-state index in [-0.39, 0.29) is 11.8 Å². The first-order valence-electron chi connectivity index (χ1n) is 9.04. The average molecular weight is 376 g/mol. The number of benzene rings is 2. The number of amides is 2. The SMILES string of the molecule is C[C@H](Nc1ccc2c(c1)NC(=O)[C@H](C)O2)C(=O)Nc1cccc2ncccc12. The van der Waals surface area contributed by atoms with Crippen molar-refractivity contribution in [1.82, 2.24) is 4.98 Å². The Hall–Kier alpha value is -3.61. The molecule has 4 rings (SSSR count). The second-order valence-electron chi connectivity index (χ2n) is 6.69. The molecule has 2 aromatic carbocycles. The molecule has 0 fully saturated rings. The standard InChI is InChI=1S/C21H20N4O3/c1-12(20(26)24-17-7-3-6-16-15(17)5-4-10-22-16)23-14-8-9-19-18(11-14)25-21(27)13(2)28-19/h3-13,23H,1-2H3,(H,24,26)(H,25,27)/t12-,13-/m0/s1. The summed E-state index contributed by atoms with van der Waals surface area (Å²) < 4.78 is 5.55. The van der Waals surface area contributed by atoms with Gasteiger partial charge in [-0.05, 0) is 56.3 Å². The van der Waals surface area contributed by atoms with Crippen molar-refractivity contribution >= 4 is 39.8 Å². The van der Waals surface area contributed by atoms with Crippen LogP contribution in [0.2, 0.25) is 0 Å². The number of carbonyl (C=O) groups excluding carboxylic acids is 2. The Bertz CT molecular complexity index is 1060. The topological polar surface area (TPSA) is 92.4 Å². The number of nitrogens with zero attached hydrogens (tertiary/aromatic N) is 1. The van der Waals surface area contributed by atoms with Crippen molar-refractivity contribution in [2.45, 2.75) is 26.0 Å². The summed E-state index contributed by atoms with van der Waals surface area (Å²) in [6.07, 6.45) is 1.20. The zero-order valence-electron chi connectivity index (χ0n) is 15.5. The maximum atomic E-state index is 12.7. The van der Waals surface area contributed by atoms with E-state index in [1.807, 2.05) is 36.4 Å². The van der Waals surface area contributed by atoms with Gasteiger partial charge in [-0.15, -0.1) is 0 Å². The summed E-state index contributed by atoms with van der Waals surface area (Å²) in [5.41, 5.74) is 2.82. The fraction of sp³-hybridized carbons (Fsp3) is 0.190. The van der Waals surface area contributed by atoms with E-state index in [9.17, 15) is 9.59 Å². The van der Waals surface area contributed by atoms with Crippen LogP contribution in [0.4, 0.5) is 17.1 Å². The van der Waals surface area contributed by atoms with E-state index >= 15 is 0 Å². The van der Waals surface area contributed by atoms with Crippen molar-refractivity contribution in [3.63, 3.8) is 0 Å². The molecule has 142 valence electrons. The fourth-order valence-electron chi connectivity index (χ4n) is 3.07. The first kappa shape index (κ1) is 17.8. The second-order valence-corrected chi connectivity index (χ2v) is 6.69. The zero-order valence-corrected chi connectivity index (χ0v) is 15.5. The molecule has 0 unspecified atom stereocenters. The lowest BCUT2D eigenvalue weighted by Crippen LogP contribution is -2.34. The van der Waals surface area contributed by atoms with Crippen LogP contribution in [0.5, 0.6) is 5.75 Å². The number of rotatable bonds is 4. The van der Waals surface area contributed by atoms with Crippen molar-refractivity contribution in [3.05, 3.63) is 54.7 Å². The van der Waals surface area contributed by atoms with Crippen LogP contribution in [-0.2, 0) is 9.59 Å². The molecular formula is C21H20N4O3. The number of hydrogen-bond donors (Lipinski definition) is 3. The maximum Gasteiger partial charge on any atom is 0.265 e. The van der Waals surface area contributed by atoms with Crippen LogP contribution >= 0.6 is 0 Å². The molecule has 3 aromatic rings. The molecule has 1 aromatic heterocycles. The van der Waals surface area contributed by atoms with Crippen LogP contribution in [0.25, 0.3) is 10.9 Å². The van der Waals surface area contributed by atoms with Gasteiger partial charge >= 0.3 is 0 Å². The quantitative estimate of drug-likeness (QED) is 0.649. The van der Waals surface area contributed by atoms with E-state index in [2.05, 4.69) is 20.9 Å². The second kappa shape index (κ2) is 7.19. The fourth-order valence-corrected chi connectivity index (χ4v) is 3.07. The summed E-state index contributed by atoms with van der Waals surface area (Å²) in [7, 11) is 0. The summed E-state index contributed by atoms with van der Waals surface area (Å²) >= 11 is 0. The minimum atomic E-state index is -0.522. The van der Waals surface area contributed by atoms with E-state index in [1.54, 1.807) is 32.2 Å². The number of ether oxygens (including phenoxy) is 1. The minimum Gasteiger partial charge on any atom is -0.479 e. The lowest BCUT2D eigenvalue weighted by Gasteiger charge is -2.24. The van der Waals surface area contributed by atoms with Crippen molar-refractivity contribution < 1.29 is 14.3 Å². The van der Waals surface area contributed by atoms with E-state index < -0.39 is 12.1 Å². The molecule has 0 saturated carbocycles. The van der Waals surface area contributed by atoms with E-state index in [0.717, 1.165) is 10.9 Å². The molecule has 0 spiro atoms. The van der Waals surface area contributed by atoms with Gasteiger partial charge in [-0.2, -0.15) is 0 Å². The monoisotopic (exact) mass is 376 g/mol. The molecule has 0 saturated heterocycles. The number of aromatic nitrogens is 1. The van der Waals surface area contributed by atoms with Crippen LogP contribution in [0.3, 0.4) is 0 Å². The highest BCUT2D eigenvalue weighted by atomic mass is 16.5. The summed E-state index contributed by atoms with van der Waals surface area (Å²) in [5, 5.41) is 9.78. The van der Waals surface area contributed by atoms with Gasteiger partial charge in [-0.25, -0.2) is 0 Å². The third kappa shape index (κ3) is 3.46. The number of carbonyl (C=O) groups is 2. The molecule has 0 bridgehead atoms. The highest BCUT2D eigenvalue weighted by Gasteiger charge is 2.24. The number of nitrogens with one attached hydrogen (secondary N) is 3. The molecular weight excluding hydrogens is 356 g/mol. The summed E-state index contributed by atoms with van der Waals surface area (Å²) in [4.78, 5) is 28.7. The van der Waals surface area contributed by atoms with Gasteiger partial charge in [0.05, 0.1) is 16.9 Å². The van der Waals surface area contributed by atoms with E-state index in [0.29, 0.717) is 22.8 Å². The molecule has 7 nitrogen and oxygen atoms in total. The summed E-state index contributed by atoms with van der Waals surface area (Å²) in [5.74, 6) is 0.237. The van der Waals surface area contributed by atoms with Gasteiger partial charge in [0, 0.05) is 17.3 Å². The normalized spacial score (nSPS) is 16.5. The minimum absolute atomic E-state index is 0.178. The Morgan fingerprint density at radius 2 is 2.07 bits per heavy atom. The van der Waals surface area contributed by atoms with Crippen molar-refractivity contribution in [3.8, 4) is 5.75 Å². The van der Waals surface area contributed by atoms with Gasteiger partial charge in [0.15, 0.2) is 6.10 Å². The first-order valence-corrected chi connectivity index (χ1v) is 9.04. The maximum absolute atomic E-state index is 12.7. The Morgan fingerprint density at radius 3 is 2.93 bits per heavy atom. The molecule has 3 N–H and O–H groups in total. The van der Waals surface area contributed by atoms with E-state index in [1.165, 1.54) is 0 Å². The number of anilines is 3. The van der Waals surface area contributed by atoms with Crippen molar-refractivity contribution in [2.24, 2.45) is 0 Å². The summed E-state index contributed by atoms with van der Waals surface area (Å²) in [6.45, 7) is 3.47. The molecule has 2 amide bonds. The highest BCUT2D eigenvalue weighted by molar-refractivity contribution is 6.03. The number of hydrogen-bond acceptors (Lipinski definition) is 5. The molecule has 2 heterocycles. The van der Waals surface area contributed by atoms with Gasteiger partial charge in [0.25, 0.3) is 5.91 Å². The Kier molecular flexibility index (Phi) is 4.57. The third-order valence-corrected chi connectivity index (χ3v) is 4.59. The van der Waals surface area contributed by atoms with Crippen molar-refractivity contribution in [2.75, 3.05) is 16.0 Å². The third-order valence-electron chi connectivity index (χ3n) is 4.59.